The minimum absolute atomic E-state index is 0.0553. The molecule has 0 saturated heterocycles. The van der Waals surface area contributed by atoms with Crippen LogP contribution in [0.15, 0.2) is 55.2 Å². The fourth-order valence-electron chi connectivity index (χ4n) is 3.43. The number of rotatable bonds is 9. The molecule has 4 aromatic rings. The highest BCUT2D eigenvalue weighted by Crippen LogP contribution is 2.25. The zero-order valence-corrected chi connectivity index (χ0v) is 19.2. The summed E-state index contributed by atoms with van der Waals surface area (Å²) in [6.07, 6.45) is 9.89. The number of benzene rings is 1. The van der Waals surface area contributed by atoms with Gasteiger partial charge in [-0.1, -0.05) is 6.92 Å². The van der Waals surface area contributed by atoms with E-state index in [4.69, 9.17) is 4.74 Å². The normalized spacial score (nSPS) is 10.8. The van der Waals surface area contributed by atoms with Crippen LogP contribution >= 0.6 is 0 Å². The van der Waals surface area contributed by atoms with Crippen LogP contribution < -0.4 is 10.1 Å². The molecule has 34 heavy (non-hydrogen) atoms. The Kier molecular flexibility index (Phi) is 6.91. The molecule has 0 saturated carbocycles. The van der Waals surface area contributed by atoms with E-state index in [1.807, 2.05) is 25.3 Å². The van der Waals surface area contributed by atoms with Crippen LogP contribution in [0.3, 0.4) is 0 Å². The Balaban J connectivity index is 1.41. The number of ketones is 1. The fraction of sp³-hybridized carbons (Fsp3) is 0.240. The number of methoxy groups -OCH3 is 1. The van der Waals surface area contributed by atoms with Gasteiger partial charge in [0.25, 0.3) is 0 Å². The molecule has 0 aliphatic rings. The van der Waals surface area contributed by atoms with E-state index in [0.29, 0.717) is 36.3 Å². The molecule has 0 radical (unpaired) electrons. The van der Waals surface area contributed by atoms with Crippen molar-refractivity contribution in [3.8, 4) is 11.4 Å². The summed E-state index contributed by atoms with van der Waals surface area (Å²) in [6, 6.07) is 6.91. The average Bonchev–Trinajstić information content (AvgIpc) is 3.32. The first-order chi connectivity index (χ1) is 16.5. The molecule has 174 valence electrons. The highest BCUT2D eigenvalue weighted by molar-refractivity contribution is 5.96. The highest BCUT2D eigenvalue weighted by atomic mass is 19.1. The Morgan fingerprint density at radius 1 is 1.09 bits per heavy atom. The molecule has 0 unspecified atom stereocenters. The number of hydrogen-bond acceptors (Lipinski definition) is 7. The Bertz CT molecular complexity index is 1290. The second-order valence-corrected chi connectivity index (χ2v) is 7.80. The molecule has 4 rings (SSSR count). The molecular formula is C25H25FN6O2. The number of nitrogens with one attached hydrogen (secondary N) is 1. The van der Waals surface area contributed by atoms with Gasteiger partial charge in [0.15, 0.2) is 17.3 Å². The number of carbonyl (C=O) groups excluding carboxylic acids is 1. The lowest BCUT2D eigenvalue weighted by Crippen LogP contribution is -2.04. The summed E-state index contributed by atoms with van der Waals surface area (Å²) < 4.78 is 21.5. The maximum Gasteiger partial charge on any atom is 0.227 e. The number of ether oxygens (including phenoxy) is 1. The average molecular weight is 461 g/mol. The van der Waals surface area contributed by atoms with Crippen LogP contribution in [0.2, 0.25) is 0 Å². The van der Waals surface area contributed by atoms with Gasteiger partial charge in [0.1, 0.15) is 0 Å². The molecule has 1 N–H and O–H groups in total. The van der Waals surface area contributed by atoms with Crippen molar-refractivity contribution < 1.29 is 13.9 Å². The Morgan fingerprint density at radius 3 is 2.56 bits per heavy atom. The van der Waals surface area contributed by atoms with Gasteiger partial charge >= 0.3 is 0 Å². The quantitative estimate of drug-likeness (QED) is 0.364. The van der Waals surface area contributed by atoms with Crippen molar-refractivity contribution in [2.24, 2.45) is 0 Å². The Hall–Kier alpha value is -4.14. The summed E-state index contributed by atoms with van der Waals surface area (Å²) >= 11 is 0. The van der Waals surface area contributed by atoms with Gasteiger partial charge in [-0.3, -0.25) is 9.78 Å². The predicted molar refractivity (Wildman–Crippen MR) is 126 cm³/mol. The predicted octanol–water partition coefficient (Wildman–Crippen LogP) is 4.63. The van der Waals surface area contributed by atoms with Crippen molar-refractivity contribution in [2.75, 3.05) is 12.4 Å². The summed E-state index contributed by atoms with van der Waals surface area (Å²) in [4.78, 5) is 25.1. The van der Waals surface area contributed by atoms with Crippen LogP contribution in [0.25, 0.3) is 5.69 Å². The molecule has 9 heteroatoms. The minimum atomic E-state index is -0.449. The summed E-state index contributed by atoms with van der Waals surface area (Å²) in [7, 11) is 1.39. The molecule has 0 aliphatic carbocycles. The lowest BCUT2D eigenvalue weighted by atomic mass is 10.00. The maximum atomic E-state index is 14.7. The number of anilines is 2. The number of carbonyl (C=O) groups is 1. The first-order valence-corrected chi connectivity index (χ1v) is 10.9. The van der Waals surface area contributed by atoms with Crippen molar-refractivity contribution in [1.82, 2.24) is 24.7 Å². The van der Waals surface area contributed by atoms with Crippen LogP contribution in [0, 0.1) is 12.7 Å². The summed E-state index contributed by atoms with van der Waals surface area (Å²) in [6.45, 7) is 3.70. The lowest BCUT2D eigenvalue weighted by molar-refractivity contribution is 0.0987. The van der Waals surface area contributed by atoms with Crippen molar-refractivity contribution in [3.05, 3.63) is 83.5 Å². The van der Waals surface area contributed by atoms with Crippen LogP contribution in [0.4, 0.5) is 16.0 Å². The Morgan fingerprint density at radius 2 is 1.88 bits per heavy atom. The number of halogens is 1. The Labute approximate surface area is 196 Å². The van der Waals surface area contributed by atoms with E-state index < -0.39 is 5.82 Å². The molecule has 3 heterocycles. The molecule has 8 nitrogen and oxygen atoms in total. The molecule has 0 bridgehead atoms. The van der Waals surface area contributed by atoms with Crippen molar-refractivity contribution >= 4 is 17.4 Å². The van der Waals surface area contributed by atoms with Crippen LogP contribution in [-0.4, -0.2) is 37.6 Å². The molecule has 0 aliphatic heterocycles. The number of Topliss-reactive ketones (excluding diaryl/α,β-unsaturated/α-hetero) is 1. The van der Waals surface area contributed by atoms with E-state index in [1.165, 1.54) is 13.2 Å². The minimum Gasteiger partial charge on any atom is -0.494 e. The molecule has 0 fully saturated rings. The highest BCUT2D eigenvalue weighted by Gasteiger charge is 2.15. The third-order valence-electron chi connectivity index (χ3n) is 5.36. The number of aromatic nitrogens is 5. The van der Waals surface area contributed by atoms with E-state index >= 15 is 0 Å². The molecule has 0 atom stereocenters. The molecule has 1 aromatic carbocycles. The number of hydrogen-bond donors (Lipinski definition) is 1. The lowest BCUT2D eigenvalue weighted by Gasteiger charge is -2.11. The van der Waals surface area contributed by atoms with Crippen molar-refractivity contribution in [1.29, 1.82) is 0 Å². The van der Waals surface area contributed by atoms with Gasteiger partial charge < -0.3 is 10.1 Å². The van der Waals surface area contributed by atoms with E-state index in [-0.39, 0.29) is 11.5 Å². The van der Waals surface area contributed by atoms with E-state index in [9.17, 15) is 9.18 Å². The largest absolute Gasteiger partial charge is 0.494 e. The zero-order chi connectivity index (χ0) is 24.1. The fourth-order valence-corrected chi connectivity index (χ4v) is 3.43. The van der Waals surface area contributed by atoms with Crippen LogP contribution in [0.1, 0.15) is 40.5 Å². The van der Waals surface area contributed by atoms with E-state index in [2.05, 4.69) is 25.4 Å². The first-order valence-electron chi connectivity index (χ1n) is 10.9. The summed E-state index contributed by atoms with van der Waals surface area (Å²) in [5.74, 6) is -0.00351. The summed E-state index contributed by atoms with van der Waals surface area (Å²) in [5.41, 5.74) is 4.25. The SMILES string of the molecule is CCC(=O)c1cc(CCc2cnc(Nc3cnn(-c4ccc(C)nc4)c3)nc2)c(F)c(OC)c1. The van der Waals surface area contributed by atoms with Crippen molar-refractivity contribution in [2.45, 2.75) is 33.1 Å². The third kappa shape index (κ3) is 5.25. The van der Waals surface area contributed by atoms with Gasteiger partial charge in [0.2, 0.25) is 5.95 Å². The van der Waals surface area contributed by atoms with E-state index in [0.717, 1.165) is 22.6 Å². The number of pyridine rings is 1. The van der Waals surface area contributed by atoms with Gasteiger partial charge in [-0.2, -0.15) is 5.10 Å². The van der Waals surface area contributed by atoms with Crippen LogP contribution in [0.5, 0.6) is 5.75 Å². The molecule has 3 aromatic heterocycles. The van der Waals surface area contributed by atoms with Gasteiger partial charge in [-0.25, -0.2) is 19.0 Å². The monoisotopic (exact) mass is 460 g/mol. The molecule has 0 spiro atoms. The summed E-state index contributed by atoms with van der Waals surface area (Å²) in [5, 5.41) is 7.45. The maximum absolute atomic E-state index is 14.7. The van der Waals surface area contributed by atoms with Crippen molar-refractivity contribution in [3.63, 3.8) is 0 Å². The molecular weight excluding hydrogens is 435 g/mol. The first kappa shape index (κ1) is 23.0. The third-order valence-corrected chi connectivity index (χ3v) is 5.36. The number of aryl methyl sites for hydroxylation is 3. The van der Waals surface area contributed by atoms with Gasteiger partial charge in [0, 0.05) is 30.1 Å². The van der Waals surface area contributed by atoms with Gasteiger partial charge in [-0.15, -0.1) is 0 Å². The van der Waals surface area contributed by atoms with Gasteiger partial charge in [-0.05, 0) is 55.2 Å². The van der Waals surface area contributed by atoms with Crippen LogP contribution in [-0.2, 0) is 12.8 Å². The smallest absolute Gasteiger partial charge is 0.227 e. The second-order valence-electron chi connectivity index (χ2n) is 7.80. The number of nitrogens with zero attached hydrogens (tertiary/aromatic N) is 5. The van der Waals surface area contributed by atoms with Gasteiger partial charge in [0.05, 0.1) is 37.1 Å². The van der Waals surface area contributed by atoms with E-state index in [1.54, 1.807) is 42.5 Å². The molecule has 0 amide bonds. The zero-order valence-electron chi connectivity index (χ0n) is 19.2. The standard InChI is InChI=1S/C25H25FN6O2/c1-4-22(33)19-9-18(24(26)23(10-19)34-3)7-6-17-11-28-25(29-12-17)31-20-13-30-32(15-20)21-8-5-16(2)27-14-21/h5,8-15H,4,6-7H2,1-3H3,(H,28,29,31). The second kappa shape index (κ2) is 10.2. The topological polar surface area (TPSA) is 94.8 Å².